The Labute approximate surface area is 103 Å². The summed E-state index contributed by atoms with van der Waals surface area (Å²) in [4.78, 5) is 24.2. The first-order valence-electron chi connectivity index (χ1n) is 5.87. The van der Waals surface area contributed by atoms with Crippen molar-refractivity contribution in [3.63, 3.8) is 0 Å². The summed E-state index contributed by atoms with van der Waals surface area (Å²) in [6.45, 7) is 9.79. The summed E-state index contributed by atoms with van der Waals surface area (Å²) in [6.07, 6.45) is 0.374. The van der Waals surface area contributed by atoms with Crippen LogP contribution in [0.1, 0.15) is 41.0 Å². The lowest BCUT2D eigenvalue weighted by Crippen LogP contribution is -2.51. The molecule has 0 aliphatic rings. The zero-order valence-electron chi connectivity index (χ0n) is 11.6. The maximum absolute atomic E-state index is 11.9. The Balaban J connectivity index is 4.56. The number of rotatable bonds is 4. The number of carboxylic acid groups (broad SMARTS) is 1. The van der Waals surface area contributed by atoms with Crippen molar-refractivity contribution in [2.24, 2.45) is 5.41 Å². The molecule has 0 radical (unpaired) electrons. The van der Waals surface area contributed by atoms with Crippen LogP contribution in [0.15, 0.2) is 0 Å². The Hall–Kier alpha value is -1.26. The van der Waals surface area contributed by atoms with E-state index in [2.05, 4.69) is 5.32 Å². The second-order valence-corrected chi connectivity index (χ2v) is 5.40. The molecule has 5 heteroatoms. The van der Waals surface area contributed by atoms with Gasteiger partial charge in [0.25, 0.3) is 0 Å². The van der Waals surface area contributed by atoms with E-state index in [0.717, 1.165) is 0 Å². The zero-order chi connectivity index (χ0) is 13.8. The number of carbonyl (C=O) groups excluding carboxylic acids is 1. The largest absolute Gasteiger partial charge is 0.480 e. The van der Waals surface area contributed by atoms with Gasteiger partial charge in [-0.1, -0.05) is 27.7 Å². The number of hydrogen-bond acceptors (Lipinski definition) is 2. The van der Waals surface area contributed by atoms with Gasteiger partial charge in [-0.25, -0.2) is 9.59 Å². The van der Waals surface area contributed by atoms with Gasteiger partial charge >= 0.3 is 12.0 Å². The monoisotopic (exact) mass is 244 g/mol. The lowest BCUT2D eigenvalue weighted by atomic mass is 9.87. The summed E-state index contributed by atoms with van der Waals surface area (Å²) in [6, 6.07) is -1.15. The lowest BCUT2D eigenvalue weighted by Gasteiger charge is -2.35. The van der Waals surface area contributed by atoms with Crippen molar-refractivity contribution in [1.29, 1.82) is 0 Å². The number of hydrogen-bond donors (Lipinski definition) is 2. The number of nitrogens with zero attached hydrogens (tertiary/aromatic N) is 1. The van der Waals surface area contributed by atoms with Gasteiger partial charge in [-0.05, 0) is 18.8 Å². The highest BCUT2D eigenvalue weighted by atomic mass is 16.4. The molecule has 5 nitrogen and oxygen atoms in total. The van der Waals surface area contributed by atoms with Gasteiger partial charge in [-0.3, -0.25) is 0 Å². The van der Waals surface area contributed by atoms with Crippen LogP contribution in [0.3, 0.4) is 0 Å². The van der Waals surface area contributed by atoms with Crippen LogP contribution >= 0.6 is 0 Å². The Morgan fingerprint density at radius 1 is 1.35 bits per heavy atom. The smallest absolute Gasteiger partial charge is 0.326 e. The van der Waals surface area contributed by atoms with Crippen LogP contribution in [0, 0.1) is 5.41 Å². The van der Waals surface area contributed by atoms with Crippen molar-refractivity contribution in [1.82, 2.24) is 10.2 Å². The molecule has 2 amide bonds. The Bertz CT molecular complexity index is 284. The maximum Gasteiger partial charge on any atom is 0.326 e. The summed E-state index contributed by atoms with van der Waals surface area (Å²) >= 11 is 0. The molecule has 0 aromatic rings. The molecule has 0 saturated carbocycles. The van der Waals surface area contributed by atoms with E-state index in [9.17, 15) is 9.59 Å². The molecule has 2 atom stereocenters. The summed E-state index contributed by atoms with van der Waals surface area (Å²) in [7, 11) is 1.68. The second-order valence-electron chi connectivity index (χ2n) is 5.40. The van der Waals surface area contributed by atoms with E-state index in [1.165, 1.54) is 0 Å². The first-order valence-corrected chi connectivity index (χ1v) is 5.87. The summed E-state index contributed by atoms with van der Waals surface area (Å²) < 4.78 is 0. The summed E-state index contributed by atoms with van der Waals surface area (Å²) in [5.74, 6) is -1.00. The molecular formula is C12H24N2O3. The molecule has 0 spiro atoms. The molecule has 0 heterocycles. The van der Waals surface area contributed by atoms with E-state index in [4.69, 9.17) is 5.11 Å². The molecule has 0 fully saturated rings. The molecular weight excluding hydrogens is 220 g/mol. The predicted molar refractivity (Wildman–Crippen MR) is 66.9 cm³/mol. The standard InChI is InChI=1S/C12H24N2O3/c1-7-9(10(15)16)13-11(17)14(6)8(2)12(3,4)5/h8-9H,7H2,1-6H3,(H,13,17)(H,15,16)/t8?,9-/m1/s1. The van der Waals surface area contributed by atoms with Gasteiger partial charge in [0.15, 0.2) is 0 Å². The van der Waals surface area contributed by atoms with Crippen LogP contribution in [0.25, 0.3) is 0 Å². The number of carboxylic acids is 1. The third kappa shape index (κ3) is 4.63. The molecule has 0 aliphatic carbocycles. The average molecular weight is 244 g/mol. The van der Waals surface area contributed by atoms with Gasteiger partial charge in [0, 0.05) is 13.1 Å². The molecule has 100 valence electrons. The molecule has 1 unspecified atom stereocenters. The SMILES string of the molecule is CC[C@@H](NC(=O)N(C)C(C)C(C)(C)C)C(=O)O. The van der Waals surface area contributed by atoms with Gasteiger partial charge in [0.05, 0.1) is 0 Å². The van der Waals surface area contributed by atoms with Crippen LogP contribution < -0.4 is 5.32 Å². The fraction of sp³-hybridized carbons (Fsp3) is 0.833. The van der Waals surface area contributed by atoms with Gasteiger partial charge < -0.3 is 15.3 Å². The Morgan fingerprint density at radius 3 is 2.12 bits per heavy atom. The van der Waals surface area contributed by atoms with Gasteiger partial charge in [0.1, 0.15) is 6.04 Å². The minimum atomic E-state index is -1.00. The van der Waals surface area contributed by atoms with Crippen LogP contribution in [0.4, 0.5) is 4.79 Å². The highest BCUT2D eigenvalue weighted by molar-refractivity contribution is 5.82. The molecule has 0 bridgehead atoms. The maximum atomic E-state index is 11.9. The number of nitrogens with one attached hydrogen (secondary N) is 1. The average Bonchev–Trinajstić information content (AvgIpc) is 2.21. The van der Waals surface area contributed by atoms with Crippen molar-refractivity contribution in [2.75, 3.05) is 7.05 Å². The fourth-order valence-corrected chi connectivity index (χ4v) is 1.35. The second kappa shape index (κ2) is 5.89. The molecule has 2 N–H and O–H groups in total. The van der Waals surface area contributed by atoms with Crippen LogP contribution in [0.2, 0.25) is 0 Å². The van der Waals surface area contributed by atoms with Crippen molar-refractivity contribution < 1.29 is 14.7 Å². The topological polar surface area (TPSA) is 69.6 Å². The minimum absolute atomic E-state index is 0.0220. The van der Waals surface area contributed by atoms with E-state index in [1.54, 1.807) is 18.9 Å². The third-order valence-corrected chi connectivity index (χ3v) is 3.16. The van der Waals surface area contributed by atoms with Crippen LogP contribution in [-0.2, 0) is 4.79 Å². The first kappa shape index (κ1) is 15.7. The molecule has 0 aromatic heterocycles. The van der Waals surface area contributed by atoms with Crippen molar-refractivity contribution in [3.8, 4) is 0 Å². The zero-order valence-corrected chi connectivity index (χ0v) is 11.6. The summed E-state index contributed by atoms with van der Waals surface area (Å²) in [5.41, 5.74) is -0.0446. The fourth-order valence-electron chi connectivity index (χ4n) is 1.35. The van der Waals surface area contributed by atoms with E-state index < -0.39 is 12.0 Å². The minimum Gasteiger partial charge on any atom is -0.480 e. The normalized spacial score (nSPS) is 14.9. The van der Waals surface area contributed by atoms with Gasteiger partial charge in [0.2, 0.25) is 0 Å². The van der Waals surface area contributed by atoms with E-state index in [-0.39, 0.29) is 17.5 Å². The first-order chi connectivity index (χ1) is 7.61. The number of urea groups is 1. The molecule has 0 aromatic carbocycles. The highest BCUT2D eigenvalue weighted by Crippen LogP contribution is 2.22. The molecule has 17 heavy (non-hydrogen) atoms. The van der Waals surface area contributed by atoms with Crippen LogP contribution in [-0.4, -0.2) is 41.1 Å². The predicted octanol–water partition coefficient (Wildman–Crippen LogP) is 1.93. The van der Waals surface area contributed by atoms with E-state index in [0.29, 0.717) is 6.42 Å². The molecule has 0 rings (SSSR count). The van der Waals surface area contributed by atoms with Crippen molar-refractivity contribution >= 4 is 12.0 Å². The summed E-state index contributed by atoms with van der Waals surface area (Å²) in [5, 5.41) is 11.4. The van der Waals surface area contributed by atoms with Gasteiger partial charge in [-0.15, -0.1) is 0 Å². The quantitative estimate of drug-likeness (QED) is 0.793. The van der Waals surface area contributed by atoms with E-state index >= 15 is 0 Å². The highest BCUT2D eigenvalue weighted by Gasteiger charge is 2.28. The van der Waals surface area contributed by atoms with E-state index in [1.807, 2.05) is 27.7 Å². The Kier molecular flexibility index (Phi) is 5.45. The Morgan fingerprint density at radius 2 is 1.82 bits per heavy atom. The molecule has 0 saturated heterocycles. The van der Waals surface area contributed by atoms with Crippen molar-refractivity contribution in [3.05, 3.63) is 0 Å². The van der Waals surface area contributed by atoms with Crippen LogP contribution in [0.5, 0.6) is 0 Å². The number of aliphatic carboxylic acids is 1. The van der Waals surface area contributed by atoms with Crippen molar-refractivity contribution in [2.45, 2.75) is 53.1 Å². The lowest BCUT2D eigenvalue weighted by molar-refractivity contribution is -0.139. The molecule has 0 aliphatic heterocycles. The third-order valence-electron chi connectivity index (χ3n) is 3.16. The number of carbonyl (C=O) groups is 2. The van der Waals surface area contributed by atoms with Gasteiger partial charge in [-0.2, -0.15) is 0 Å². The number of amides is 2.